The van der Waals surface area contributed by atoms with E-state index >= 15 is 0 Å². The SMILES string of the molecule is CCN(CCC#N)c1ccccc1[N+](=O)[O-]. The van der Waals surface area contributed by atoms with Gasteiger partial charge in [0.05, 0.1) is 17.4 Å². The van der Waals surface area contributed by atoms with Gasteiger partial charge in [0.25, 0.3) is 5.69 Å². The summed E-state index contributed by atoms with van der Waals surface area (Å²) in [6.07, 6.45) is 0.361. The van der Waals surface area contributed by atoms with E-state index in [4.69, 9.17) is 5.26 Å². The van der Waals surface area contributed by atoms with Gasteiger partial charge in [-0.3, -0.25) is 10.1 Å². The Labute approximate surface area is 94.1 Å². The van der Waals surface area contributed by atoms with Crippen molar-refractivity contribution in [3.63, 3.8) is 0 Å². The first-order chi connectivity index (χ1) is 7.70. The molecule has 0 saturated heterocycles. The maximum atomic E-state index is 10.8. The second-order valence-corrected chi connectivity index (χ2v) is 3.23. The van der Waals surface area contributed by atoms with E-state index in [0.717, 1.165) is 0 Å². The third-order valence-electron chi connectivity index (χ3n) is 2.29. The molecule has 0 bridgehead atoms. The van der Waals surface area contributed by atoms with Crippen molar-refractivity contribution in [1.29, 1.82) is 5.26 Å². The van der Waals surface area contributed by atoms with Crippen molar-refractivity contribution < 1.29 is 4.92 Å². The summed E-state index contributed by atoms with van der Waals surface area (Å²) in [5.74, 6) is 0. The fourth-order valence-electron chi connectivity index (χ4n) is 1.52. The average molecular weight is 219 g/mol. The van der Waals surface area contributed by atoms with Crippen LogP contribution in [0.15, 0.2) is 24.3 Å². The van der Waals surface area contributed by atoms with Gasteiger partial charge < -0.3 is 4.90 Å². The Morgan fingerprint density at radius 1 is 1.50 bits per heavy atom. The van der Waals surface area contributed by atoms with Crippen molar-refractivity contribution in [2.75, 3.05) is 18.0 Å². The molecule has 0 saturated carbocycles. The second kappa shape index (κ2) is 5.71. The number of nitro groups is 1. The predicted molar refractivity (Wildman–Crippen MR) is 61.2 cm³/mol. The van der Waals surface area contributed by atoms with Crippen LogP contribution in [0.5, 0.6) is 0 Å². The van der Waals surface area contributed by atoms with Crippen LogP contribution in [0, 0.1) is 21.4 Å². The molecule has 0 spiro atoms. The minimum atomic E-state index is -0.398. The molecule has 0 aliphatic rings. The van der Waals surface area contributed by atoms with E-state index in [2.05, 4.69) is 0 Å². The molecule has 5 heteroatoms. The number of hydrogen-bond donors (Lipinski definition) is 0. The first-order valence-corrected chi connectivity index (χ1v) is 5.06. The summed E-state index contributed by atoms with van der Waals surface area (Å²) < 4.78 is 0. The summed E-state index contributed by atoms with van der Waals surface area (Å²) in [4.78, 5) is 12.3. The number of nitrogens with zero attached hydrogens (tertiary/aromatic N) is 3. The van der Waals surface area contributed by atoms with Crippen molar-refractivity contribution in [2.24, 2.45) is 0 Å². The van der Waals surface area contributed by atoms with Crippen LogP contribution in [0.2, 0.25) is 0 Å². The summed E-state index contributed by atoms with van der Waals surface area (Å²) in [6.45, 7) is 3.07. The Morgan fingerprint density at radius 2 is 2.19 bits per heavy atom. The largest absolute Gasteiger partial charge is 0.365 e. The fourth-order valence-corrected chi connectivity index (χ4v) is 1.52. The van der Waals surface area contributed by atoms with E-state index in [-0.39, 0.29) is 5.69 Å². The number of nitriles is 1. The van der Waals surface area contributed by atoms with E-state index in [1.54, 1.807) is 18.2 Å². The molecule has 1 rings (SSSR count). The highest BCUT2D eigenvalue weighted by Crippen LogP contribution is 2.27. The Balaban J connectivity index is 3.00. The zero-order valence-corrected chi connectivity index (χ0v) is 9.09. The predicted octanol–water partition coefficient (Wildman–Crippen LogP) is 2.33. The maximum Gasteiger partial charge on any atom is 0.292 e. The summed E-state index contributed by atoms with van der Waals surface area (Å²) in [7, 11) is 0. The lowest BCUT2D eigenvalue weighted by atomic mass is 10.2. The quantitative estimate of drug-likeness (QED) is 0.563. The first kappa shape index (κ1) is 12.0. The molecule has 0 atom stereocenters. The van der Waals surface area contributed by atoms with Crippen molar-refractivity contribution in [2.45, 2.75) is 13.3 Å². The lowest BCUT2D eigenvalue weighted by molar-refractivity contribution is -0.384. The van der Waals surface area contributed by atoms with Crippen LogP contribution in [0.1, 0.15) is 13.3 Å². The van der Waals surface area contributed by atoms with Crippen LogP contribution in [-0.2, 0) is 0 Å². The molecular weight excluding hydrogens is 206 g/mol. The van der Waals surface area contributed by atoms with Crippen LogP contribution >= 0.6 is 0 Å². The summed E-state index contributed by atoms with van der Waals surface area (Å²) in [6, 6.07) is 8.62. The number of benzene rings is 1. The third-order valence-corrected chi connectivity index (χ3v) is 2.29. The lowest BCUT2D eigenvalue weighted by Crippen LogP contribution is -2.24. The lowest BCUT2D eigenvalue weighted by Gasteiger charge is -2.21. The summed E-state index contributed by atoms with van der Waals surface area (Å²) in [5.41, 5.74) is 0.660. The molecule has 0 aromatic heterocycles. The van der Waals surface area contributed by atoms with Gasteiger partial charge in [-0.05, 0) is 13.0 Å². The Bertz CT molecular complexity index is 412. The minimum Gasteiger partial charge on any atom is -0.365 e. The van der Waals surface area contributed by atoms with Crippen molar-refractivity contribution in [3.8, 4) is 6.07 Å². The van der Waals surface area contributed by atoms with Crippen LogP contribution in [0.4, 0.5) is 11.4 Å². The molecule has 0 radical (unpaired) electrons. The highest BCUT2D eigenvalue weighted by atomic mass is 16.6. The number of nitro benzene ring substituents is 1. The second-order valence-electron chi connectivity index (χ2n) is 3.23. The molecule has 0 N–H and O–H groups in total. The molecule has 0 aliphatic heterocycles. The standard InChI is InChI=1S/C11H13N3O2/c1-2-13(9-5-8-12)10-6-3-4-7-11(10)14(15)16/h3-4,6-7H,2,5,9H2,1H3. The fraction of sp³-hybridized carbons (Fsp3) is 0.364. The number of anilines is 1. The molecule has 0 heterocycles. The molecular formula is C11H13N3O2. The van der Waals surface area contributed by atoms with Gasteiger partial charge in [-0.15, -0.1) is 0 Å². The van der Waals surface area contributed by atoms with Gasteiger partial charge in [0, 0.05) is 19.2 Å². The molecule has 84 valence electrons. The van der Waals surface area contributed by atoms with E-state index < -0.39 is 4.92 Å². The van der Waals surface area contributed by atoms with Crippen LogP contribution in [-0.4, -0.2) is 18.0 Å². The van der Waals surface area contributed by atoms with Gasteiger partial charge in [-0.2, -0.15) is 5.26 Å². The van der Waals surface area contributed by atoms with Crippen LogP contribution in [0.25, 0.3) is 0 Å². The zero-order valence-electron chi connectivity index (χ0n) is 9.09. The number of rotatable bonds is 5. The molecule has 1 aromatic carbocycles. The van der Waals surface area contributed by atoms with Crippen molar-refractivity contribution >= 4 is 11.4 Å². The topological polar surface area (TPSA) is 70.2 Å². The van der Waals surface area contributed by atoms with Gasteiger partial charge in [0.2, 0.25) is 0 Å². The first-order valence-electron chi connectivity index (χ1n) is 5.06. The summed E-state index contributed by atoms with van der Waals surface area (Å²) >= 11 is 0. The zero-order chi connectivity index (χ0) is 12.0. The molecule has 5 nitrogen and oxygen atoms in total. The minimum absolute atomic E-state index is 0.0855. The van der Waals surface area contributed by atoms with Gasteiger partial charge >= 0.3 is 0 Å². The third kappa shape index (κ3) is 2.70. The molecule has 0 aliphatic carbocycles. The van der Waals surface area contributed by atoms with E-state index in [0.29, 0.717) is 25.2 Å². The smallest absolute Gasteiger partial charge is 0.292 e. The highest BCUT2D eigenvalue weighted by Gasteiger charge is 2.16. The molecule has 0 fully saturated rings. The van der Waals surface area contributed by atoms with Gasteiger partial charge in [0.15, 0.2) is 0 Å². The van der Waals surface area contributed by atoms with Crippen LogP contribution < -0.4 is 4.90 Å². The number of hydrogen-bond acceptors (Lipinski definition) is 4. The average Bonchev–Trinajstić information content (AvgIpc) is 2.30. The Morgan fingerprint density at radius 3 is 2.75 bits per heavy atom. The van der Waals surface area contributed by atoms with Crippen molar-refractivity contribution in [3.05, 3.63) is 34.4 Å². The van der Waals surface area contributed by atoms with Crippen LogP contribution in [0.3, 0.4) is 0 Å². The van der Waals surface area contributed by atoms with Gasteiger partial charge in [-0.25, -0.2) is 0 Å². The Kier molecular flexibility index (Phi) is 4.28. The van der Waals surface area contributed by atoms with E-state index in [1.165, 1.54) is 6.07 Å². The summed E-state index contributed by atoms with van der Waals surface area (Å²) in [5, 5.41) is 19.4. The van der Waals surface area contributed by atoms with Crippen molar-refractivity contribution in [1.82, 2.24) is 0 Å². The van der Waals surface area contributed by atoms with Gasteiger partial charge in [-0.1, -0.05) is 12.1 Å². The normalized spacial score (nSPS) is 9.50. The molecule has 1 aromatic rings. The number of para-hydroxylation sites is 2. The molecule has 0 unspecified atom stereocenters. The maximum absolute atomic E-state index is 10.8. The Hall–Kier alpha value is -2.09. The monoisotopic (exact) mass is 219 g/mol. The van der Waals surface area contributed by atoms with E-state index in [1.807, 2.05) is 17.9 Å². The van der Waals surface area contributed by atoms with Gasteiger partial charge in [0.1, 0.15) is 5.69 Å². The highest BCUT2D eigenvalue weighted by molar-refractivity contribution is 5.62. The molecule has 16 heavy (non-hydrogen) atoms. The van der Waals surface area contributed by atoms with E-state index in [9.17, 15) is 10.1 Å². The molecule has 0 amide bonds.